The number of carbonyl (C=O) groups excluding carboxylic acids is 1. The van der Waals surface area contributed by atoms with Crippen LogP contribution >= 0.6 is 0 Å². The Balaban J connectivity index is 2.06. The molecule has 0 aromatic heterocycles. The molecule has 0 bridgehead atoms. The van der Waals surface area contributed by atoms with E-state index in [9.17, 15) is 4.79 Å². The molecule has 94 valence electrons. The molecular formula is C11H23N3O2. The smallest absolute Gasteiger partial charge is 0.220 e. The van der Waals surface area contributed by atoms with E-state index in [2.05, 4.69) is 22.6 Å². The van der Waals surface area contributed by atoms with E-state index in [1.165, 1.54) is 0 Å². The van der Waals surface area contributed by atoms with Crippen molar-refractivity contribution in [2.75, 3.05) is 46.9 Å². The third-order valence-electron chi connectivity index (χ3n) is 2.70. The topological polar surface area (TPSA) is 53.6 Å². The summed E-state index contributed by atoms with van der Waals surface area (Å²) in [5.74, 6) is 0.118. The highest BCUT2D eigenvalue weighted by Gasteiger charge is 2.17. The summed E-state index contributed by atoms with van der Waals surface area (Å²) >= 11 is 0. The van der Waals surface area contributed by atoms with Gasteiger partial charge in [-0.15, -0.1) is 0 Å². The molecule has 0 saturated carbocycles. The van der Waals surface area contributed by atoms with Crippen LogP contribution in [0.4, 0.5) is 0 Å². The van der Waals surface area contributed by atoms with Gasteiger partial charge in [-0.3, -0.25) is 4.79 Å². The number of likely N-dealkylation sites (N-methyl/N-ethyl adjacent to an activating group) is 1. The van der Waals surface area contributed by atoms with Crippen LogP contribution in [-0.2, 0) is 9.53 Å². The second-order valence-electron chi connectivity index (χ2n) is 4.27. The zero-order chi connectivity index (χ0) is 11.8. The molecule has 0 aromatic rings. The van der Waals surface area contributed by atoms with Gasteiger partial charge >= 0.3 is 0 Å². The molecular weight excluding hydrogens is 206 g/mol. The first kappa shape index (κ1) is 13.4. The monoisotopic (exact) mass is 229 g/mol. The molecule has 1 amide bonds. The molecule has 1 aliphatic heterocycles. The second kappa shape index (κ2) is 7.60. The largest absolute Gasteiger partial charge is 0.374 e. The summed E-state index contributed by atoms with van der Waals surface area (Å²) in [6, 6.07) is 0. The standard InChI is InChI=1S/C11H23N3O2/c1-12-5-3-4-11(15)13-8-10-9-14(2)6-7-16-10/h10,12H,3-9H2,1-2H3,(H,13,15). The predicted octanol–water partition coefficient (Wildman–Crippen LogP) is -0.567. The average molecular weight is 229 g/mol. The number of hydrogen-bond acceptors (Lipinski definition) is 4. The second-order valence-corrected chi connectivity index (χ2v) is 4.27. The minimum atomic E-state index is 0.118. The van der Waals surface area contributed by atoms with E-state index in [-0.39, 0.29) is 12.0 Å². The lowest BCUT2D eigenvalue weighted by Crippen LogP contribution is -2.45. The van der Waals surface area contributed by atoms with Crippen LogP contribution in [0.15, 0.2) is 0 Å². The molecule has 1 aliphatic rings. The van der Waals surface area contributed by atoms with Crippen molar-refractivity contribution in [3.8, 4) is 0 Å². The summed E-state index contributed by atoms with van der Waals surface area (Å²) in [5.41, 5.74) is 0. The van der Waals surface area contributed by atoms with Crippen molar-refractivity contribution in [3.63, 3.8) is 0 Å². The number of amides is 1. The van der Waals surface area contributed by atoms with Crippen LogP contribution in [0.25, 0.3) is 0 Å². The number of hydrogen-bond donors (Lipinski definition) is 2. The van der Waals surface area contributed by atoms with E-state index in [0.717, 1.165) is 32.7 Å². The van der Waals surface area contributed by atoms with Gasteiger partial charge in [0.1, 0.15) is 0 Å². The molecule has 5 heteroatoms. The van der Waals surface area contributed by atoms with Crippen LogP contribution in [0.5, 0.6) is 0 Å². The van der Waals surface area contributed by atoms with Gasteiger partial charge in [-0.25, -0.2) is 0 Å². The summed E-state index contributed by atoms with van der Waals surface area (Å²) in [4.78, 5) is 13.7. The number of nitrogens with zero attached hydrogens (tertiary/aromatic N) is 1. The third kappa shape index (κ3) is 5.44. The van der Waals surface area contributed by atoms with Gasteiger partial charge in [0.05, 0.1) is 12.7 Å². The summed E-state index contributed by atoms with van der Waals surface area (Å²) in [6.07, 6.45) is 1.61. The van der Waals surface area contributed by atoms with Crippen molar-refractivity contribution in [2.24, 2.45) is 0 Å². The van der Waals surface area contributed by atoms with Gasteiger partial charge in [-0.05, 0) is 27.1 Å². The molecule has 0 aliphatic carbocycles. The lowest BCUT2D eigenvalue weighted by Gasteiger charge is -2.30. The SMILES string of the molecule is CNCCCC(=O)NCC1CN(C)CCO1. The number of ether oxygens (including phenoxy) is 1. The Bertz CT molecular complexity index is 211. The molecule has 16 heavy (non-hydrogen) atoms. The Hall–Kier alpha value is -0.650. The van der Waals surface area contributed by atoms with Crippen LogP contribution in [0.2, 0.25) is 0 Å². The molecule has 1 unspecified atom stereocenters. The van der Waals surface area contributed by atoms with Crippen LogP contribution in [-0.4, -0.2) is 63.8 Å². The molecule has 0 aromatic carbocycles. The highest BCUT2D eigenvalue weighted by molar-refractivity contribution is 5.75. The Morgan fingerprint density at radius 3 is 3.06 bits per heavy atom. The summed E-state index contributed by atoms with van der Waals surface area (Å²) < 4.78 is 5.56. The van der Waals surface area contributed by atoms with Gasteiger partial charge in [0.15, 0.2) is 0 Å². The van der Waals surface area contributed by atoms with Crippen molar-refractivity contribution in [1.29, 1.82) is 0 Å². The zero-order valence-electron chi connectivity index (χ0n) is 10.3. The Kier molecular flexibility index (Phi) is 6.37. The van der Waals surface area contributed by atoms with Crippen LogP contribution in [0.3, 0.4) is 0 Å². The fourth-order valence-corrected chi connectivity index (χ4v) is 1.73. The lowest BCUT2D eigenvalue weighted by molar-refractivity contribution is -0.122. The van der Waals surface area contributed by atoms with Crippen molar-refractivity contribution in [2.45, 2.75) is 18.9 Å². The molecule has 0 radical (unpaired) electrons. The fraction of sp³-hybridized carbons (Fsp3) is 0.909. The summed E-state index contributed by atoms with van der Waals surface area (Å²) in [7, 11) is 3.97. The third-order valence-corrected chi connectivity index (χ3v) is 2.70. The van der Waals surface area contributed by atoms with E-state index >= 15 is 0 Å². The van der Waals surface area contributed by atoms with Crippen molar-refractivity contribution < 1.29 is 9.53 Å². The Labute approximate surface area is 97.5 Å². The molecule has 1 heterocycles. The van der Waals surface area contributed by atoms with Gasteiger partial charge in [-0.1, -0.05) is 0 Å². The molecule has 1 atom stereocenters. The highest BCUT2D eigenvalue weighted by Crippen LogP contribution is 2.01. The maximum Gasteiger partial charge on any atom is 0.220 e. The van der Waals surface area contributed by atoms with Gasteiger partial charge in [0.25, 0.3) is 0 Å². The van der Waals surface area contributed by atoms with Gasteiger partial charge in [0, 0.05) is 26.1 Å². The highest BCUT2D eigenvalue weighted by atomic mass is 16.5. The van der Waals surface area contributed by atoms with Crippen LogP contribution in [0.1, 0.15) is 12.8 Å². The normalized spacial score (nSPS) is 22.0. The zero-order valence-corrected chi connectivity index (χ0v) is 10.3. The van der Waals surface area contributed by atoms with Crippen molar-refractivity contribution >= 4 is 5.91 Å². The van der Waals surface area contributed by atoms with Crippen LogP contribution in [0, 0.1) is 0 Å². The fourth-order valence-electron chi connectivity index (χ4n) is 1.73. The summed E-state index contributed by atoms with van der Waals surface area (Å²) in [5, 5.41) is 5.94. The quantitative estimate of drug-likeness (QED) is 0.599. The Morgan fingerprint density at radius 2 is 2.38 bits per heavy atom. The molecule has 2 N–H and O–H groups in total. The first-order chi connectivity index (χ1) is 7.72. The summed E-state index contributed by atoms with van der Waals surface area (Å²) in [6.45, 7) is 4.15. The molecule has 1 saturated heterocycles. The van der Waals surface area contributed by atoms with E-state index in [1.807, 2.05) is 7.05 Å². The maximum atomic E-state index is 11.4. The van der Waals surface area contributed by atoms with Crippen molar-refractivity contribution in [3.05, 3.63) is 0 Å². The van der Waals surface area contributed by atoms with E-state index in [4.69, 9.17) is 4.74 Å². The first-order valence-corrected chi connectivity index (χ1v) is 5.94. The first-order valence-electron chi connectivity index (χ1n) is 5.94. The number of carbonyl (C=O) groups is 1. The molecule has 1 fully saturated rings. The van der Waals surface area contributed by atoms with E-state index in [1.54, 1.807) is 0 Å². The predicted molar refractivity (Wildman–Crippen MR) is 63.4 cm³/mol. The van der Waals surface area contributed by atoms with Gasteiger partial charge in [0.2, 0.25) is 5.91 Å². The number of nitrogens with one attached hydrogen (secondary N) is 2. The molecule has 1 rings (SSSR count). The Morgan fingerprint density at radius 1 is 1.56 bits per heavy atom. The van der Waals surface area contributed by atoms with Crippen molar-refractivity contribution in [1.82, 2.24) is 15.5 Å². The van der Waals surface area contributed by atoms with Gasteiger partial charge < -0.3 is 20.3 Å². The number of morpholine rings is 1. The molecule has 5 nitrogen and oxygen atoms in total. The minimum absolute atomic E-state index is 0.118. The maximum absolute atomic E-state index is 11.4. The van der Waals surface area contributed by atoms with Crippen LogP contribution < -0.4 is 10.6 Å². The van der Waals surface area contributed by atoms with E-state index in [0.29, 0.717) is 13.0 Å². The number of rotatable bonds is 6. The lowest BCUT2D eigenvalue weighted by atomic mass is 10.2. The molecule has 0 spiro atoms. The minimum Gasteiger partial charge on any atom is -0.374 e. The average Bonchev–Trinajstić information content (AvgIpc) is 2.27. The van der Waals surface area contributed by atoms with E-state index < -0.39 is 0 Å². The van der Waals surface area contributed by atoms with Gasteiger partial charge in [-0.2, -0.15) is 0 Å².